The van der Waals surface area contributed by atoms with E-state index < -0.39 is 0 Å². The van der Waals surface area contributed by atoms with Crippen molar-refractivity contribution in [2.75, 3.05) is 31.1 Å². The minimum atomic E-state index is -0.0427. The fourth-order valence-electron chi connectivity index (χ4n) is 4.41. The number of benzene rings is 2. The minimum Gasteiger partial charge on any atom is -0.339 e. The van der Waals surface area contributed by atoms with Crippen molar-refractivity contribution in [2.24, 2.45) is 0 Å². The van der Waals surface area contributed by atoms with Crippen LogP contribution in [0.3, 0.4) is 0 Å². The maximum Gasteiger partial charge on any atom is 0.136 e. The van der Waals surface area contributed by atoms with Gasteiger partial charge in [0.2, 0.25) is 0 Å². The number of hydrogen-bond acceptors (Lipinski definition) is 4. The summed E-state index contributed by atoms with van der Waals surface area (Å²) >= 11 is 1.95. The molecule has 0 bridgehead atoms. The van der Waals surface area contributed by atoms with E-state index >= 15 is 0 Å². The van der Waals surface area contributed by atoms with Gasteiger partial charge in [0.05, 0.1) is 11.7 Å². The summed E-state index contributed by atoms with van der Waals surface area (Å²) < 4.78 is 14.3. The third-order valence-electron chi connectivity index (χ3n) is 5.60. The standard InChI is InChI=1S/C20H22FN3S/c21-16-5-3-4-15-14(16)8-9-17(15)24-18-6-1-2-7-19(18)25-20(24)23-12-10-22-11-13-23/h1-7,17,20,22H,8-13H2/t17?,20-/m1/s1. The summed E-state index contributed by atoms with van der Waals surface area (Å²) in [6, 6.07) is 14.5. The van der Waals surface area contributed by atoms with E-state index in [9.17, 15) is 4.39 Å². The second kappa shape index (κ2) is 6.31. The summed E-state index contributed by atoms with van der Waals surface area (Å²) in [7, 11) is 0. The molecule has 0 amide bonds. The van der Waals surface area contributed by atoms with Crippen molar-refractivity contribution in [3.05, 3.63) is 59.4 Å². The van der Waals surface area contributed by atoms with Gasteiger partial charge in [-0.25, -0.2) is 4.39 Å². The van der Waals surface area contributed by atoms with Gasteiger partial charge in [0.25, 0.3) is 0 Å². The predicted molar refractivity (Wildman–Crippen MR) is 100 cm³/mol. The van der Waals surface area contributed by atoms with E-state index in [2.05, 4.69) is 45.4 Å². The van der Waals surface area contributed by atoms with Crippen LogP contribution in [0.1, 0.15) is 23.6 Å². The zero-order valence-electron chi connectivity index (χ0n) is 14.1. The van der Waals surface area contributed by atoms with E-state index in [1.165, 1.54) is 16.1 Å². The van der Waals surface area contributed by atoms with Crippen molar-refractivity contribution in [2.45, 2.75) is 29.3 Å². The number of hydrogen-bond donors (Lipinski definition) is 1. The van der Waals surface area contributed by atoms with Gasteiger partial charge in [0.15, 0.2) is 0 Å². The van der Waals surface area contributed by atoms with Crippen LogP contribution in [0.4, 0.5) is 10.1 Å². The molecule has 1 saturated heterocycles. The second-order valence-corrected chi connectivity index (χ2v) is 8.06. The van der Waals surface area contributed by atoms with Crippen molar-refractivity contribution >= 4 is 17.4 Å². The minimum absolute atomic E-state index is 0.0427. The molecule has 25 heavy (non-hydrogen) atoms. The molecule has 2 aromatic rings. The Morgan fingerprint density at radius 1 is 1.04 bits per heavy atom. The fraction of sp³-hybridized carbons (Fsp3) is 0.400. The van der Waals surface area contributed by atoms with E-state index in [0.29, 0.717) is 5.50 Å². The maximum absolute atomic E-state index is 14.3. The number of para-hydroxylation sites is 1. The van der Waals surface area contributed by atoms with Gasteiger partial charge in [0.1, 0.15) is 11.3 Å². The van der Waals surface area contributed by atoms with Gasteiger partial charge < -0.3 is 10.2 Å². The molecule has 0 radical (unpaired) electrons. The van der Waals surface area contributed by atoms with Crippen LogP contribution in [-0.4, -0.2) is 36.6 Å². The lowest BCUT2D eigenvalue weighted by atomic mass is 10.1. The Labute approximate surface area is 152 Å². The Morgan fingerprint density at radius 3 is 2.76 bits per heavy atom. The van der Waals surface area contributed by atoms with Crippen LogP contribution >= 0.6 is 11.8 Å². The molecule has 3 aliphatic rings. The lowest BCUT2D eigenvalue weighted by molar-refractivity contribution is 0.215. The Morgan fingerprint density at radius 2 is 1.88 bits per heavy atom. The van der Waals surface area contributed by atoms with Gasteiger partial charge in [-0.1, -0.05) is 36.0 Å². The van der Waals surface area contributed by atoms with Gasteiger partial charge in [-0.3, -0.25) is 4.90 Å². The van der Waals surface area contributed by atoms with Crippen molar-refractivity contribution in [1.29, 1.82) is 0 Å². The quantitative estimate of drug-likeness (QED) is 0.887. The molecule has 5 rings (SSSR count). The van der Waals surface area contributed by atoms with E-state index in [0.717, 1.165) is 44.6 Å². The maximum atomic E-state index is 14.3. The Kier molecular flexibility index (Phi) is 3.95. The van der Waals surface area contributed by atoms with Crippen LogP contribution in [0, 0.1) is 5.82 Å². The molecule has 5 heteroatoms. The highest BCUT2D eigenvalue weighted by Gasteiger charge is 2.41. The van der Waals surface area contributed by atoms with Crippen LogP contribution in [0.25, 0.3) is 0 Å². The first kappa shape index (κ1) is 15.7. The van der Waals surface area contributed by atoms with Crippen molar-refractivity contribution in [3.8, 4) is 0 Å². The third kappa shape index (κ3) is 2.57. The number of nitrogens with one attached hydrogen (secondary N) is 1. The average Bonchev–Trinajstić information content (AvgIpc) is 3.24. The van der Waals surface area contributed by atoms with Crippen molar-refractivity contribution < 1.29 is 4.39 Å². The fourth-order valence-corrected chi connectivity index (χ4v) is 5.82. The summed E-state index contributed by atoms with van der Waals surface area (Å²) in [6.45, 7) is 4.20. The van der Waals surface area contributed by atoms with Crippen LogP contribution in [0.5, 0.6) is 0 Å². The largest absolute Gasteiger partial charge is 0.339 e. The summed E-state index contributed by atoms with van der Waals surface area (Å²) in [5.41, 5.74) is 3.70. The first-order valence-corrected chi connectivity index (χ1v) is 9.97. The molecule has 2 atom stereocenters. The van der Waals surface area contributed by atoms with Crippen molar-refractivity contribution in [1.82, 2.24) is 10.2 Å². The van der Waals surface area contributed by atoms with Crippen LogP contribution in [0.15, 0.2) is 47.4 Å². The smallest absolute Gasteiger partial charge is 0.136 e. The molecule has 3 nitrogen and oxygen atoms in total. The first-order chi connectivity index (χ1) is 12.3. The molecule has 1 aliphatic carbocycles. The van der Waals surface area contributed by atoms with E-state index in [1.54, 1.807) is 6.07 Å². The molecular formula is C20H22FN3S. The molecule has 130 valence electrons. The Hall–Kier alpha value is -1.56. The van der Waals surface area contributed by atoms with Crippen molar-refractivity contribution in [3.63, 3.8) is 0 Å². The molecule has 0 aromatic heterocycles. The lowest BCUT2D eigenvalue weighted by Gasteiger charge is -2.41. The van der Waals surface area contributed by atoms with Gasteiger partial charge in [-0.05, 0) is 42.2 Å². The Balaban J connectivity index is 1.56. The van der Waals surface area contributed by atoms with Gasteiger partial charge in [-0.2, -0.15) is 0 Å². The summed E-state index contributed by atoms with van der Waals surface area (Å²) in [5, 5.41) is 3.45. The molecule has 1 unspecified atom stereocenters. The van der Waals surface area contributed by atoms with Crippen LogP contribution < -0.4 is 10.2 Å². The van der Waals surface area contributed by atoms with Gasteiger partial charge in [-0.15, -0.1) is 0 Å². The Bertz CT molecular complexity index is 790. The van der Waals surface area contributed by atoms with E-state index in [-0.39, 0.29) is 11.9 Å². The van der Waals surface area contributed by atoms with E-state index in [4.69, 9.17) is 0 Å². The molecule has 2 heterocycles. The number of thioether (sulfide) groups is 1. The topological polar surface area (TPSA) is 18.5 Å². The first-order valence-electron chi connectivity index (χ1n) is 9.09. The zero-order valence-corrected chi connectivity index (χ0v) is 14.9. The monoisotopic (exact) mass is 355 g/mol. The summed E-state index contributed by atoms with van der Waals surface area (Å²) in [5.74, 6) is -0.0427. The SMILES string of the molecule is Fc1cccc2c1CCC2N1c2ccccc2S[C@@H]1N1CCNCC1. The number of nitrogens with zero attached hydrogens (tertiary/aromatic N) is 2. The average molecular weight is 355 g/mol. The highest BCUT2D eigenvalue weighted by Crippen LogP contribution is 2.51. The number of rotatable bonds is 2. The normalized spacial score (nSPS) is 25.9. The zero-order chi connectivity index (χ0) is 16.8. The highest BCUT2D eigenvalue weighted by molar-refractivity contribution is 8.00. The summed E-state index contributed by atoms with van der Waals surface area (Å²) in [6.07, 6.45) is 1.83. The van der Waals surface area contributed by atoms with Gasteiger partial charge in [0, 0.05) is 31.1 Å². The third-order valence-corrected chi connectivity index (χ3v) is 6.93. The van der Waals surface area contributed by atoms with E-state index in [1.807, 2.05) is 17.8 Å². The summed E-state index contributed by atoms with van der Waals surface area (Å²) in [4.78, 5) is 6.46. The molecule has 2 aromatic carbocycles. The molecule has 1 fully saturated rings. The predicted octanol–water partition coefficient (Wildman–Crippen LogP) is 3.61. The lowest BCUT2D eigenvalue weighted by Crippen LogP contribution is -2.53. The highest BCUT2D eigenvalue weighted by atomic mass is 32.2. The number of fused-ring (bicyclic) bond motifs is 2. The number of piperazine rings is 1. The molecule has 0 saturated carbocycles. The van der Waals surface area contributed by atoms with Crippen LogP contribution in [-0.2, 0) is 6.42 Å². The molecule has 1 N–H and O–H groups in total. The molecule has 0 spiro atoms. The number of anilines is 1. The molecular weight excluding hydrogens is 333 g/mol. The van der Waals surface area contributed by atoms with Crippen LogP contribution in [0.2, 0.25) is 0 Å². The second-order valence-electron chi connectivity index (χ2n) is 6.97. The number of halogens is 1. The van der Waals surface area contributed by atoms with Gasteiger partial charge >= 0.3 is 0 Å². The molecule has 2 aliphatic heterocycles.